The van der Waals surface area contributed by atoms with Crippen LogP contribution in [-0.2, 0) is 6.54 Å². The van der Waals surface area contributed by atoms with Gasteiger partial charge in [-0.3, -0.25) is 4.79 Å². The molecule has 1 heterocycles. The molecule has 0 aromatic carbocycles. The number of hydrogen-bond donors (Lipinski definition) is 1. The number of rotatable bonds is 7. The Morgan fingerprint density at radius 1 is 1.52 bits per heavy atom. The summed E-state index contributed by atoms with van der Waals surface area (Å²) in [5, 5.41) is 7.49. The van der Waals surface area contributed by atoms with Crippen molar-refractivity contribution in [3.8, 4) is 0 Å². The van der Waals surface area contributed by atoms with Crippen LogP contribution in [0.5, 0.6) is 0 Å². The normalized spacial score (nSPS) is 15.5. The van der Waals surface area contributed by atoms with Crippen LogP contribution in [0, 0.1) is 5.92 Å². The molecule has 1 saturated carbocycles. The Morgan fingerprint density at radius 2 is 2.24 bits per heavy atom. The van der Waals surface area contributed by atoms with Crippen molar-refractivity contribution in [3.05, 3.63) is 21.0 Å². The number of nitrogens with one attached hydrogen (secondary N) is 1. The third-order valence-corrected chi connectivity index (χ3v) is 4.90. The van der Waals surface area contributed by atoms with Gasteiger partial charge >= 0.3 is 0 Å². The molecule has 1 aliphatic carbocycles. The third-order valence-electron chi connectivity index (χ3n) is 4.30. The highest BCUT2D eigenvalue weighted by Crippen LogP contribution is 2.27. The van der Waals surface area contributed by atoms with Crippen molar-refractivity contribution < 1.29 is 0 Å². The maximum atomic E-state index is 12.5. The Morgan fingerprint density at radius 3 is 2.81 bits per heavy atom. The van der Waals surface area contributed by atoms with E-state index in [1.807, 2.05) is 0 Å². The summed E-state index contributed by atoms with van der Waals surface area (Å²) < 4.78 is 2.34. The van der Waals surface area contributed by atoms with Crippen LogP contribution in [0.15, 0.2) is 15.5 Å². The van der Waals surface area contributed by atoms with Crippen molar-refractivity contribution in [2.45, 2.75) is 45.7 Å². The minimum absolute atomic E-state index is 0.0246. The highest BCUT2D eigenvalue weighted by atomic mass is 79.9. The molecule has 1 aliphatic rings. The van der Waals surface area contributed by atoms with Gasteiger partial charge in [0.05, 0.1) is 10.7 Å². The lowest BCUT2D eigenvalue weighted by Gasteiger charge is -2.25. The van der Waals surface area contributed by atoms with Crippen molar-refractivity contribution in [2.24, 2.45) is 5.92 Å². The van der Waals surface area contributed by atoms with Gasteiger partial charge in [0.25, 0.3) is 5.56 Å². The lowest BCUT2D eigenvalue weighted by atomic mass is 9.85. The van der Waals surface area contributed by atoms with E-state index in [4.69, 9.17) is 0 Å². The van der Waals surface area contributed by atoms with Gasteiger partial charge in [-0.25, -0.2) is 4.68 Å². The molecular weight excluding hydrogens is 332 g/mol. The predicted octanol–water partition coefficient (Wildman–Crippen LogP) is 2.56. The van der Waals surface area contributed by atoms with E-state index in [-0.39, 0.29) is 5.56 Å². The molecule has 0 radical (unpaired) electrons. The topological polar surface area (TPSA) is 50.2 Å². The van der Waals surface area contributed by atoms with Crippen molar-refractivity contribution in [3.63, 3.8) is 0 Å². The number of hydrogen-bond acceptors (Lipinski definition) is 4. The van der Waals surface area contributed by atoms with E-state index in [2.05, 4.69) is 52.1 Å². The Kier molecular flexibility index (Phi) is 5.81. The van der Waals surface area contributed by atoms with Gasteiger partial charge in [0.1, 0.15) is 5.69 Å². The Hall–Kier alpha value is -0.880. The molecule has 1 N–H and O–H groups in total. The summed E-state index contributed by atoms with van der Waals surface area (Å²) >= 11 is 3.42. The summed E-state index contributed by atoms with van der Waals surface area (Å²) in [6.45, 7) is 6.71. The molecule has 5 nitrogen and oxygen atoms in total. The number of anilines is 1. The standard InChI is InChI=1S/C15H25BrN4O/c1-11(2)19(3)8-7-17-14-13(16)9-18-20(15(14)21)10-12-5-4-6-12/h9,11-12,17H,4-8,10H2,1-3H3. The van der Waals surface area contributed by atoms with Gasteiger partial charge in [-0.1, -0.05) is 6.42 Å². The molecule has 0 amide bonds. The molecule has 6 heteroatoms. The van der Waals surface area contributed by atoms with Gasteiger partial charge < -0.3 is 10.2 Å². The Bertz CT molecular complexity index is 525. The fraction of sp³-hybridized carbons (Fsp3) is 0.733. The maximum absolute atomic E-state index is 12.5. The summed E-state index contributed by atoms with van der Waals surface area (Å²) in [5.74, 6) is 0.622. The average molecular weight is 357 g/mol. The molecular formula is C15H25BrN4O. The first-order chi connectivity index (χ1) is 9.99. The average Bonchev–Trinajstić information content (AvgIpc) is 2.39. The summed E-state index contributed by atoms with van der Waals surface area (Å²) in [4.78, 5) is 14.7. The van der Waals surface area contributed by atoms with Crippen molar-refractivity contribution in [1.82, 2.24) is 14.7 Å². The molecule has 1 aromatic rings. The zero-order valence-corrected chi connectivity index (χ0v) is 14.7. The van der Waals surface area contributed by atoms with Gasteiger partial charge in [0.15, 0.2) is 0 Å². The Balaban J connectivity index is 2.00. The second kappa shape index (κ2) is 7.40. The molecule has 0 spiro atoms. The van der Waals surface area contributed by atoms with Crippen LogP contribution >= 0.6 is 15.9 Å². The van der Waals surface area contributed by atoms with Crippen LogP contribution in [0.3, 0.4) is 0 Å². The fourth-order valence-corrected chi connectivity index (χ4v) is 2.70. The monoisotopic (exact) mass is 356 g/mol. The quantitative estimate of drug-likeness (QED) is 0.815. The molecule has 21 heavy (non-hydrogen) atoms. The van der Waals surface area contributed by atoms with Gasteiger partial charge in [0, 0.05) is 25.7 Å². The number of aromatic nitrogens is 2. The van der Waals surface area contributed by atoms with Crippen molar-refractivity contribution >= 4 is 21.6 Å². The first-order valence-electron chi connectivity index (χ1n) is 7.68. The molecule has 1 aromatic heterocycles. The van der Waals surface area contributed by atoms with Gasteiger partial charge in [-0.2, -0.15) is 5.10 Å². The largest absolute Gasteiger partial charge is 0.378 e. The highest BCUT2D eigenvalue weighted by molar-refractivity contribution is 9.10. The second-order valence-electron chi connectivity index (χ2n) is 6.15. The fourth-order valence-electron chi connectivity index (χ4n) is 2.29. The van der Waals surface area contributed by atoms with Gasteiger partial charge in [-0.05, 0) is 55.6 Å². The predicted molar refractivity (Wildman–Crippen MR) is 89.8 cm³/mol. The zero-order chi connectivity index (χ0) is 15.4. The molecule has 0 atom stereocenters. The van der Waals surface area contributed by atoms with Crippen molar-refractivity contribution in [2.75, 3.05) is 25.5 Å². The molecule has 0 unspecified atom stereocenters. The van der Waals surface area contributed by atoms with Crippen LogP contribution in [-0.4, -0.2) is 40.9 Å². The SMILES string of the molecule is CC(C)N(C)CCNc1c(Br)cnn(CC2CCC2)c1=O. The van der Waals surface area contributed by atoms with Crippen LogP contribution in [0.2, 0.25) is 0 Å². The van der Waals surface area contributed by atoms with Crippen LogP contribution < -0.4 is 10.9 Å². The van der Waals surface area contributed by atoms with E-state index in [1.165, 1.54) is 19.3 Å². The Labute approximate surface area is 134 Å². The molecule has 2 rings (SSSR count). The van der Waals surface area contributed by atoms with Gasteiger partial charge in [0.2, 0.25) is 0 Å². The van der Waals surface area contributed by atoms with Crippen LogP contribution in [0.25, 0.3) is 0 Å². The van der Waals surface area contributed by atoms with E-state index in [0.29, 0.717) is 17.6 Å². The second-order valence-corrected chi connectivity index (χ2v) is 7.01. The molecule has 118 valence electrons. The van der Waals surface area contributed by atoms with E-state index in [9.17, 15) is 4.79 Å². The summed E-state index contributed by atoms with van der Waals surface area (Å²) in [7, 11) is 2.09. The minimum Gasteiger partial charge on any atom is -0.378 e. The number of likely N-dealkylation sites (N-methyl/N-ethyl adjacent to an activating group) is 1. The van der Waals surface area contributed by atoms with E-state index >= 15 is 0 Å². The minimum atomic E-state index is -0.0246. The highest BCUT2D eigenvalue weighted by Gasteiger charge is 2.20. The molecule has 0 bridgehead atoms. The summed E-state index contributed by atoms with van der Waals surface area (Å²) in [6.07, 6.45) is 5.43. The molecule has 0 aliphatic heterocycles. The first kappa shape index (κ1) is 16.5. The lowest BCUT2D eigenvalue weighted by molar-refractivity contribution is 0.261. The molecule has 0 saturated heterocycles. The van der Waals surface area contributed by atoms with Crippen LogP contribution in [0.1, 0.15) is 33.1 Å². The maximum Gasteiger partial charge on any atom is 0.291 e. The number of nitrogens with zero attached hydrogens (tertiary/aromatic N) is 3. The van der Waals surface area contributed by atoms with E-state index in [0.717, 1.165) is 24.1 Å². The zero-order valence-electron chi connectivity index (χ0n) is 13.1. The van der Waals surface area contributed by atoms with Gasteiger partial charge in [-0.15, -0.1) is 0 Å². The van der Waals surface area contributed by atoms with E-state index < -0.39 is 0 Å². The summed E-state index contributed by atoms with van der Waals surface area (Å²) in [5.41, 5.74) is 0.602. The van der Waals surface area contributed by atoms with E-state index in [1.54, 1.807) is 10.9 Å². The lowest BCUT2D eigenvalue weighted by Crippen LogP contribution is -2.34. The van der Waals surface area contributed by atoms with Crippen LogP contribution in [0.4, 0.5) is 5.69 Å². The first-order valence-corrected chi connectivity index (χ1v) is 8.48. The number of halogens is 1. The summed E-state index contributed by atoms with van der Waals surface area (Å²) in [6, 6.07) is 0.503. The van der Waals surface area contributed by atoms with Crippen molar-refractivity contribution in [1.29, 1.82) is 0 Å². The smallest absolute Gasteiger partial charge is 0.291 e. The molecule has 1 fully saturated rings. The third kappa shape index (κ3) is 4.30.